The Bertz CT molecular complexity index is 1950. The molecule has 3 aliphatic heterocycles. The Morgan fingerprint density at radius 1 is 1.08 bits per heavy atom. The van der Waals surface area contributed by atoms with Crippen molar-refractivity contribution in [2.45, 2.75) is 42.2 Å². The number of ether oxygens (including phenoxy) is 1. The normalized spacial score (nSPS) is 18.5. The van der Waals surface area contributed by atoms with Gasteiger partial charge < -0.3 is 19.4 Å². The van der Waals surface area contributed by atoms with Gasteiger partial charge in [-0.15, -0.1) is 17.9 Å². The van der Waals surface area contributed by atoms with Crippen molar-refractivity contribution in [2.75, 3.05) is 46.8 Å². The third-order valence-corrected chi connectivity index (χ3v) is 12.4. The Labute approximate surface area is 289 Å². The van der Waals surface area contributed by atoms with Gasteiger partial charge in [0.25, 0.3) is 10.0 Å². The van der Waals surface area contributed by atoms with Crippen LogP contribution in [0.1, 0.15) is 30.4 Å². The fourth-order valence-corrected chi connectivity index (χ4v) is 9.45. The van der Waals surface area contributed by atoms with Crippen LogP contribution in [0.3, 0.4) is 0 Å². The van der Waals surface area contributed by atoms with Crippen LogP contribution < -0.4 is 14.1 Å². The van der Waals surface area contributed by atoms with E-state index >= 15 is 0 Å². The molecular formula is C36H36FN5O5S2. The molecule has 254 valence electrons. The molecule has 2 fully saturated rings. The highest BCUT2D eigenvalue weighted by atomic mass is 32.2. The van der Waals surface area contributed by atoms with Gasteiger partial charge in [0.2, 0.25) is 5.91 Å². The third kappa shape index (κ3) is 6.17. The van der Waals surface area contributed by atoms with Crippen LogP contribution in [0.2, 0.25) is 0 Å². The number of likely N-dealkylation sites (tertiary alicyclic amines) is 1. The summed E-state index contributed by atoms with van der Waals surface area (Å²) in [6.45, 7) is 5.88. The summed E-state index contributed by atoms with van der Waals surface area (Å²) >= 11 is 1.22. The lowest BCUT2D eigenvalue weighted by Crippen LogP contribution is -2.49. The maximum absolute atomic E-state index is 14.7. The molecule has 1 atom stereocenters. The molecule has 0 unspecified atom stereocenters. The number of rotatable bonds is 9. The molecule has 10 nitrogen and oxygen atoms in total. The van der Waals surface area contributed by atoms with Gasteiger partial charge in [-0.2, -0.15) is 0 Å². The smallest absolute Gasteiger partial charge is 0.410 e. The fraction of sp³-hybridized carbons (Fsp3) is 0.306. The Morgan fingerprint density at radius 2 is 1.84 bits per heavy atom. The van der Waals surface area contributed by atoms with Gasteiger partial charge in [0.05, 0.1) is 11.4 Å². The van der Waals surface area contributed by atoms with E-state index in [0.29, 0.717) is 56.3 Å². The van der Waals surface area contributed by atoms with Gasteiger partial charge in [-0.3, -0.25) is 4.79 Å². The lowest BCUT2D eigenvalue weighted by molar-refractivity contribution is -0.118. The van der Waals surface area contributed by atoms with Crippen LogP contribution in [0.25, 0.3) is 0 Å². The molecule has 1 spiro atoms. The summed E-state index contributed by atoms with van der Waals surface area (Å²) in [5.41, 5.74) is 2.82. The average Bonchev–Trinajstić information content (AvgIpc) is 3.85. The largest absolute Gasteiger partial charge is 0.445 e. The summed E-state index contributed by atoms with van der Waals surface area (Å²) in [5.74, 6) is -0.429. The van der Waals surface area contributed by atoms with Crippen molar-refractivity contribution in [3.8, 4) is 0 Å². The summed E-state index contributed by atoms with van der Waals surface area (Å²) in [6, 6.07) is 20.2. The second kappa shape index (κ2) is 13.3. The topological polar surface area (TPSA) is 103 Å². The zero-order valence-corrected chi connectivity index (χ0v) is 28.4. The van der Waals surface area contributed by atoms with Crippen LogP contribution in [0.5, 0.6) is 0 Å². The number of anilines is 3. The molecular weight excluding hydrogens is 666 g/mol. The van der Waals surface area contributed by atoms with Crippen molar-refractivity contribution in [1.29, 1.82) is 0 Å². The average molecular weight is 702 g/mol. The minimum atomic E-state index is -3.91. The quantitative estimate of drug-likeness (QED) is 0.199. The molecule has 49 heavy (non-hydrogen) atoms. The second-order valence-corrected chi connectivity index (χ2v) is 15.3. The lowest BCUT2D eigenvalue weighted by atomic mass is 9.74. The first-order valence-electron chi connectivity index (χ1n) is 16.2. The van der Waals surface area contributed by atoms with E-state index in [1.807, 2.05) is 30.3 Å². The molecule has 1 aromatic heterocycles. The minimum absolute atomic E-state index is 0.0724. The number of hydrogen-bond acceptors (Lipinski definition) is 8. The third-order valence-electron chi connectivity index (χ3n) is 9.71. The van der Waals surface area contributed by atoms with E-state index in [0.717, 1.165) is 16.8 Å². The Kier molecular flexibility index (Phi) is 8.88. The molecule has 0 saturated carbocycles. The van der Waals surface area contributed by atoms with E-state index in [9.17, 15) is 22.4 Å². The molecule has 3 aromatic carbocycles. The molecule has 4 heterocycles. The maximum Gasteiger partial charge on any atom is 0.410 e. The highest BCUT2D eigenvalue weighted by molar-refractivity contribution is 7.93. The fourth-order valence-electron chi connectivity index (χ4n) is 7.18. The number of sulfonamides is 1. The maximum atomic E-state index is 14.7. The van der Waals surface area contributed by atoms with Crippen molar-refractivity contribution in [1.82, 2.24) is 9.88 Å². The van der Waals surface area contributed by atoms with Gasteiger partial charge in [-0.1, -0.05) is 36.4 Å². The second-order valence-electron chi connectivity index (χ2n) is 12.5. The number of amides is 2. The predicted molar refractivity (Wildman–Crippen MR) is 187 cm³/mol. The Hall–Kier alpha value is -4.75. The van der Waals surface area contributed by atoms with Crippen molar-refractivity contribution in [2.24, 2.45) is 0 Å². The molecule has 0 bridgehead atoms. The van der Waals surface area contributed by atoms with E-state index in [-0.39, 0.29) is 35.9 Å². The number of fused-ring (bicyclic) bond motifs is 2. The number of thiazole rings is 1. The summed E-state index contributed by atoms with van der Waals surface area (Å²) < 4.78 is 48.4. The van der Waals surface area contributed by atoms with Gasteiger partial charge in [-0.05, 0) is 72.9 Å². The molecule has 7 rings (SSSR count). The van der Waals surface area contributed by atoms with Crippen LogP contribution in [-0.4, -0.2) is 69.1 Å². The number of piperidine rings is 1. The number of carbonyl (C=O) groups is 2. The lowest BCUT2D eigenvalue weighted by Gasteiger charge is -2.40. The molecule has 0 radical (unpaired) electrons. The van der Waals surface area contributed by atoms with Crippen LogP contribution in [0.4, 0.5) is 25.7 Å². The van der Waals surface area contributed by atoms with Gasteiger partial charge >= 0.3 is 6.09 Å². The van der Waals surface area contributed by atoms with E-state index in [2.05, 4.69) is 16.5 Å². The van der Waals surface area contributed by atoms with Gasteiger partial charge in [0, 0.05) is 54.5 Å². The first-order chi connectivity index (χ1) is 23.7. The number of benzene rings is 3. The highest BCUT2D eigenvalue weighted by Crippen LogP contribution is 2.49. The van der Waals surface area contributed by atoms with Crippen LogP contribution >= 0.6 is 11.3 Å². The summed E-state index contributed by atoms with van der Waals surface area (Å²) in [6.07, 6.45) is 4.48. The number of aromatic nitrogens is 1. The van der Waals surface area contributed by atoms with E-state index in [1.165, 1.54) is 39.9 Å². The molecule has 13 heteroatoms. The molecule has 4 aromatic rings. The van der Waals surface area contributed by atoms with Crippen LogP contribution in [0.15, 0.2) is 102 Å². The van der Waals surface area contributed by atoms with E-state index < -0.39 is 21.5 Å². The molecule has 3 aliphatic rings. The van der Waals surface area contributed by atoms with Gasteiger partial charge in [0.15, 0.2) is 5.13 Å². The molecule has 0 N–H and O–H groups in total. The van der Waals surface area contributed by atoms with E-state index in [1.54, 1.807) is 45.6 Å². The molecule has 2 amide bonds. The standard InChI is InChI=1S/C36H36FN5O5S2/c1-2-18-42(34-38-17-22-48-34)49(45,46)29-11-9-28(10-12-29)40-19-14-32(33(40)43)41-25-36(30-23-27(37)8-13-31(30)41)15-20-39(21-16-36)35(44)47-24-26-6-4-3-5-7-26/h2-13,17,22-23,32H,1,14-16,18-21,24-25H2/t32-/m0/s1. The van der Waals surface area contributed by atoms with Gasteiger partial charge in [0.1, 0.15) is 18.5 Å². The number of nitrogens with zero attached hydrogens (tertiary/aromatic N) is 5. The Balaban J connectivity index is 1.05. The number of hydrogen-bond donors (Lipinski definition) is 0. The first-order valence-corrected chi connectivity index (χ1v) is 18.5. The zero-order chi connectivity index (χ0) is 34.2. The van der Waals surface area contributed by atoms with Gasteiger partial charge in [-0.25, -0.2) is 26.9 Å². The number of halogens is 1. The zero-order valence-electron chi connectivity index (χ0n) is 26.8. The van der Waals surface area contributed by atoms with Crippen molar-refractivity contribution in [3.63, 3.8) is 0 Å². The first kappa shape index (κ1) is 32.8. The SMILES string of the molecule is C=CCN(c1nccs1)S(=O)(=O)c1ccc(N2CC[C@H](N3CC4(CCN(C(=O)OCc5ccccc5)CC4)c4cc(F)ccc43)C2=O)cc1. The summed E-state index contributed by atoms with van der Waals surface area (Å²) in [5, 5.41) is 2.06. The van der Waals surface area contributed by atoms with Crippen molar-refractivity contribution in [3.05, 3.63) is 114 Å². The van der Waals surface area contributed by atoms with Crippen LogP contribution in [0, 0.1) is 5.82 Å². The van der Waals surface area contributed by atoms with E-state index in [4.69, 9.17) is 4.74 Å². The predicted octanol–water partition coefficient (Wildman–Crippen LogP) is 5.96. The van der Waals surface area contributed by atoms with Crippen molar-refractivity contribution < 1.29 is 27.1 Å². The van der Waals surface area contributed by atoms with Crippen molar-refractivity contribution >= 4 is 49.9 Å². The summed E-state index contributed by atoms with van der Waals surface area (Å²) in [7, 11) is -3.91. The summed E-state index contributed by atoms with van der Waals surface area (Å²) in [4.78, 5) is 36.6. The Morgan fingerprint density at radius 3 is 2.53 bits per heavy atom. The molecule has 0 aliphatic carbocycles. The number of carbonyl (C=O) groups excluding carboxylic acids is 2. The minimum Gasteiger partial charge on any atom is -0.445 e. The monoisotopic (exact) mass is 701 g/mol. The highest BCUT2D eigenvalue weighted by Gasteiger charge is 2.50. The molecule has 2 saturated heterocycles. The van der Waals surface area contributed by atoms with Crippen LogP contribution in [-0.2, 0) is 31.6 Å².